The van der Waals surface area contributed by atoms with Gasteiger partial charge in [0.05, 0.1) is 14.7 Å². The summed E-state index contributed by atoms with van der Waals surface area (Å²) in [5, 5.41) is 20.4. The first kappa shape index (κ1) is 36.9. The molecule has 1 aliphatic heterocycles. The Morgan fingerprint density at radius 2 is 1.63 bits per heavy atom. The molecule has 49 heavy (non-hydrogen) atoms. The number of carbonyl (C=O) groups excluding carboxylic acids is 1. The number of fused-ring (bicyclic) bond motifs is 1. The minimum Gasteiger partial charge on any atom is -0.370 e. The van der Waals surface area contributed by atoms with Crippen molar-refractivity contribution in [2.75, 3.05) is 20.1 Å². The normalized spacial score (nSPS) is 15.5. The molecule has 4 aromatic rings. The van der Waals surface area contributed by atoms with E-state index in [0.717, 1.165) is 22.8 Å². The summed E-state index contributed by atoms with van der Waals surface area (Å²) in [5.41, 5.74) is 7.08. The van der Waals surface area contributed by atoms with E-state index in [4.69, 9.17) is 15.7 Å². The van der Waals surface area contributed by atoms with Gasteiger partial charge in [-0.3, -0.25) is 24.9 Å². The van der Waals surface area contributed by atoms with Crippen molar-refractivity contribution in [3.8, 4) is 0 Å². The minimum atomic E-state index is -4.10. The van der Waals surface area contributed by atoms with Gasteiger partial charge in [0.25, 0.3) is 15.8 Å². The third-order valence-electron chi connectivity index (χ3n) is 8.17. The van der Waals surface area contributed by atoms with Crippen molar-refractivity contribution in [2.45, 2.75) is 48.1 Å². The van der Waals surface area contributed by atoms with Crippen LogP contribution in [0.25, 0.3) is 10.8 Å². The molecule has 14 nitrogen and oxygen atoms in total. The van der Waals surface area contributed by atoms with E-state index in [-0.39, 0.29) is 33.9 Å². The number of rotatable bonds is 9. The predicted molar refractivity (Wildman–Crippen MR) is 185 cm³/mol. The van der Waals surface area contributed by atoms with Crippen molar-refractivity contribution in [3.05, 3.63) is 112 Å². The number of carbonyl (C=O) groups is 1. The zero-order valence-corrected chi connectivity index (χ0v) is 28.5. The lowest BCUT2D eigenvalue weighted by Gasteiger charge is -2.39. The number of non-ortho nitro benzene ring substituents is 1. The van der Waals surface area contributed by atoms with Crippen LogP contribution in [0.3, 0.4) is 0 Å². The van der Waals surface area contributed by atoms with Gasteiger partial charge in [-0.1, -0.05) is 60.2 Å². The average Bonchev–Trinajstić information content (AvgIpc) is 3.07. The van der Waals surface area contributed by atoms with Gasteiger partial charge in [-0.2, -0.15) is 13.1 Å². The molecule has 1 unspecified atom stereocenters. The molecule has 0 bridgehead atoms. The van der Waals surface area contributed by atoms with Crippen LogP contribution in [0.4, 0.5) is 5.69 Å². The van der Waals surface area contributed by atoms with Gasteiger partial charge in [-0.05, 0) is 66.8 Å². The number of guanidine groups is 1. The fourth-order valence-electron chi connectivity index (χ4n) is 5.38. The summed E-state index contributed by atoms with van der Waals surface area (Å²) < 4.78 is 59.0. The van der Waals surface area contributed by atoms with Crippen LogP contribution in [0.2, 0.25) is 0 Å². The second-order valence-corrected chi connectivity index (χ2v) is 14.8. The second kappa shape index (κ2) is 15.5. The number of likely N-dealkylation sites (N-methyl/N-ethyl adjacent to an activating group) is 1. The highest BCUT2D eigenvalue weighted by molar-refractivity contribution is 7.89. The first-order chi connectivity index (χ1) is 23.0. The summed E-state index contributed by atoms with van der Waals surface area (Å²) in [4.78, 5) is 27.4. The van der Waals surface area contributed by atoms with Crippen molar-refractivity contribution >= 4 is 48.5 Å². The lowest BCUT2D eigenvalue weighted by Crippen LogP contribution is -2.56. The summed E-state index contributed by atoms with van der Waals surface area (Å²) >= 11 is 0. The van der Waals surface area contributed by atoms with Crippen LogP contribution in [0.5, 0.6) is 0 Å². The third kappa shape index (κ3) is 9.82. The van der Waals surface area contributed by atoms with Crippen LogP contribution in [0.1, 0.15) is 24.0 Å². The number of nitrogens with zero attached hydrogens (tertiary/aromatic N) is 3. The minimum absolute atomic E-state index is 0.00286. The van der Waals surface area contributed by atoms with E-state index in [2.05, 4.69) is 4.72 Å². The van der Waals surface area contributed by atoms with E-state index in [1.807, 2.05) is 31.2 Å². The number of amides is 1. The maximum atomic E-state index is 13.7. The summed E-state index contributed by atoms with van der Waals surface area (Å²) in [7, 11) is -6.50. The Morgan fingerprint density at radius 3 is 2.22 bits per heavy atom. The lowest BCUT2D eigenvalue weighted by molar-refractivity contribution is -0.384. The second-order valence-electron chi connectivity index (χ2n) is 11.7. The topological polar surface area (TPSA) is 217 Å². The Balaban J connectivity index is 0.000000418. The number of sulfonamides is 1. The molecule has 0 aliphatic carbocycles. The van der Waals surface area contributed by atoms with E-state index in [0.29, 0.717) is 25.1 Å². The predicted octanol–water partition coefficient (Wildman–Crippen LogP) is 3.70. The highest BCUT2D eigenvalue weighted by Gasteiger charge is 2.33. The van der Waals surface area contributed by atoms with Gasteiger partial charge in [0.15, 0.2) is 5.96 Å². The average molecular weight is 711 g/mol. The maximum Gasteiger partial charge on any atom is 0.294 e. The summed E-state index contributed by atoms with van der Waals surface area (Å²) in [6.45, 7) is 2.84. The number of piperidine rings is 1. The Morgan fingerprint density at radius 1 is 1.02 bits per heavy atom. The van der Waals surface area contributed by atoms with E-state index >= 15 is 0 Å². The quantitative estimate of drug-likeness (QED) is 0.0649. The van der Waals surface area contributed by atoms with E-state index in [9.17, 15) is 31.7 Å². The molecule has 2 atom stereocenters. The Labute approximate surface area is 285 Å². The Bertz CT molecular complexity index is 2040. The monoisotopic (exact) mass is 710 g/mol. The number of nitro groups is 1. The summed E-state index contributed by atoms with van der Waals surface area (Å²) in [6.07, 6.45) is 1.42. The van der Waals surface area contributed by atoms with Crippen LogP contribution in [-0.2, 0) is 31.4 Å². The lowest BCUT2D eigenvalue weighted by atomic mass is 10.0. The number of aryl methyl sites for hydroxylation is 1. The van der Waals surface area contributed by atoms with Gasteiger partial charge in [0, 0.05) is 38.3 Å². The van der Waals surface area contributed by atoms with Crippen LogP contribution >= 0.6 is 0 Å². The number of hydrogen-bond acceptors (Lipinski definition) is 8. The molecule has 0 saturated carbocycles. The molecule has 1 saturated heterocycles. The van der Waals surface area contributed by atoms with Gasteiger partial charge in [0.1, 0.15) is 6.04 Å². The molecule has 16 heteroatoms. The number of nitrogens with one attached hydrogen (secondary N) is 2. The fourth-order valence-corrected chi connectivity index (χ4v) is 7.09. The highest BCUT2D eigenvalue weighted by Crippen LogP contribution is 2.22. The van der Waals surface area contributed by atoms with Crippen LogP contribution < -0.4 is 10.5 Å². The molecule has 4 aromatic carbocycles. The summed E-state index contributed by atoms with van der Waals surface area (Å²) in [5.74, 6) is -0.516. The van der Waals surface area contributed by atoms with Crippen LogP contribution in [0, 0.1) is 22.4 Å². The number of likely N-dealkylation sites (tertiary alicyclic amines) is 1. The zero-order valence-electron chi connectivity index (χ0n) is 26.9. The maximum absolute atomic E-state index is 13.7. The first-order valence-corrected chi connectivity index (χ1v) is 18.1. The molecule has 5 N–H and O–H groups in total. The molecular formula is C33H38N6O8S2. The number of benzene rings is 4. The van der Waals surface area contributed by atoms with Crippen molar-refractivity contribution in [1.82, 2.24) is 14.5 Å². The fraction of sp³-hybridized carbons (Fsp3) is 0.273. The third-order valence-corrected chi connectivity index (χ3v) is 10.5. The van der Waals surface area contributed by atoms with Crippen molar-refractivity contribution < 1.29 is 31.1 Å². The standard InChI is InChI=1S/C26H30N6O5S.C7H8O3S/c1-30(22-7-4-14-31(17-22)26(27)28)25(33)24(15-18-8-11-21(12-9-18)32(34)35)29-38(36,37)23-13-10-19-5-2-3-6-20(19)16-23;1-6-2-4-7(5-3-6)11(8,9)10/h2-3,5-6,8-13,16,22,24,29H,4,7,14-15,17H2,1H3,(H3,27,28);2-5H,1H3,(H,8,9,10)/t22-,24?;/m0./s1. The van der Waals surface area contributed by atoms with Gasteiger partial charge in [0.2, 0.25) is 15.9 Å². The summed E-state index contributed by atoms with van der Waals surface area (Å²) in [6, 6.07) is 22.4. The largest absolute Gasteiger partial charge is 0.370 e. The van der Waals surface area contributed by atoms with E-state index in [1.165, 1.54) is 47.4 Å². The number of hydrogen-bond donors (Lipinski definition) is 4. The zero-order chi connectivity index (χ0) is 35.9. The van der Waals surface area contributed by atoms with Gasteiger partial charge < -0.3 is 15.5 Å². The van der Waals surface area contributed by atoms with Gasteiger partial charge in [-0.15, -0.1) is 0 Å². The van der Waals surface area contributed by atoms with E-state index in [1.54, 1.807) is 36.2 Å². The SMILES string of the molecule is CN(C(=O)C(Cc1ccc([N+](=O)[O-])cc1)NS(=O)(=O)c1ccc2ccccc2c1)[C@H]1CCCN(C(=N)N)C1.Cc1ccc(S(=O)(=O)O)cc1. The molecule has 0 spiro atoms. The molecule has 0 radical (unpaired) electrons. The van der Waals surface area contributed by atoms with Crippen LogP contribution in [-0.4, -0.2) is 80.2 Å². The molecular weight excluding hydrogens is 673 g/mol. The van der Waals surface area contributed by atoms with Gasteiger partial charge in [-0.25, -0.2) is 8.42 Å². The van der Waals surface area contributed by atoms with Crippen LogP contribution in [0.15, 0.2) is 101 Å². The van der Waals surface area contributed by atoms with Crippen molar-refractivity contribution in [1.29, 1.82) is 5.41 Å². The highest BCUT2D eigenvalue weighted by atomic mass is 32.2. The van der Waals surface area contributed by atoms with E-state index < -0.39 is 37.0 Å². The molecule has 1 amide bonds. The molecule has 1 heterocycles. The number of nitrogens with two attached hydrogens (primary N) is 1. The molecule has 1 fully saturated rings. The molecule has 0 aromatic heterocycles. The molecule has 260 valence electrons. The van der Waals surface area contributed by atoms with Crippen molar-refractivity contribution in [3.63, 3.8) is 0 Å². The van der Waals surface area contributed by atoms with Crippen molar-refractivity contribution in [2.24, 2.45) is 5.73 Å². The number of nitro benzene ring substituents is 1. The molecule has 5 rings (SSSR count). The van der Waals surface area contributed by atoms with Gasteiger partial charge >= 0.3 is 0 Å². The Hall–Kier alpha value is -4.90. The Kier molecular flexibility index (Phi) is 11.7. The first-order valence-electron chi connectivity index (χ1n) is 15.2. The molecule has 1 aliphatic rings. The smallest absolute Gasteiger partial charge is 0.294 e.